The lowest BCUT2D eigenvalue weighted by molar-refractivity contribution is 0.100. The number of nitrogens with one attached hydrogen (secondary N) is 2. The van der Waals surface area contributed by atoms with Gasteiger partial charge in [0.2, 0.25) is 0 Å². The predicted octanol–water partition coefficient (Wildman–Crippen LogP) is 2.73. The van der Waals surface area contributed by atoms with Gasteiger partial charge in [0.25, 0.3) is 5.91 Å². The number of amides is 1. The van der Waals surface area contributed by atoms with Crippen LogP contribution in [-0.2, 0) is 0 Å². The van der Waals surface area contributed by atoms with Crippen LogP contribution in [0.2, 0.25) is 0 Å². The highest BCUT2D eigenvalue weighted by atomic mass is 32.1. The summed E-state index contributed by atoms with van der Waals surface area (Å²) in [6.45, 7) is 0. The average molecular weight is 289 g/mol. The van der Waals surface area contributed by atoms with E-state index in [1.165, 1.54) is 12.1 Å². The molecule has 0 bridgehead atoms. The van der Waals surface area contributed by atoms with E-state index in [1.807, 2.05) is 0 Å². The first-order valence-electron chi connectivity index (χ1n) is 5.78. The number of para-hydroxylation sites is 1. The summed E-state index contributed by atoms with van der Waals surface area (Å²) in [6, 6.07) is 12.5. The van der Waals surface area contributed by atoms with Gasteiger partial charge in [-0.05, 0) is 48.6 Å². The van der Waals surface area contributed by atoms with Crippen molar-refractivity contribution in [1.82, 2.24) is 0 Å². The fraction of sp³-hybridized carbons (Fsp3) is 0. The third-order valence-corrected chi connectivity index (χ3v) is 2.75. The lowest BCUT2D eigenvalue weighted by Gasteiger charge is -2.12. The summed E-state index contributed by atoms with van der Waals surface area (Å²) in [6.07, 6.45) is 0. The van der Waals surface area contributed by atoms with Crippen molar-refractivity contribution < 1.29 is 9.18 Å². The van der Waals surface area contributed by atoms with E-state index in [0.717, 1.165) is 0 Å². The smallest absolute Gasteiger partial charge is 0.250 e. The van der Waals surface area contributed by atoms with Crippen LogP contribution in [0.3, 0.4) is 0 Å². The summed E-state index contributed by atoms with van der Waals surface area (Å²) < 4.78 is 12.8. The number of primary amides is 1. The van der Waals surface area contributed by atoms with Crippen LogP contribution in [0.5, 0.6) is 0 Å². The molecule has 0 spiro atoms. The Kier molecular flexibility index (Phi) is 4.27. The molecule has 0 aliphatic heterocycles. The number of hydrogen-bond acceptors (Lipinski definition) is 2. The van der Waals surface area contributed by atoms with Gasteiger partial charge in [-0.25, -0.2) is 4.39 Å². The topological polar surface area (TPSA) is 67.2 Å². The van der Waals surface area contributed by atoms with Gasteiger partial charge in [0.1, 0.15) is 5.82 Å². The fourth-order valence-electron chi connectivity index (χ4n) is 1.62. The number of thiocarbonyl (C=S) groups is 1. The number of hydrogen-bond donors (Lipinski definition) is 3. The highest BCUT2D eigenvalue weighted by Gasteiger charge is 2.08. The van der Waals surface area contributed by atoms with Crippen LogP contribution in [-0.4, -0.2) is 11.0 Å². The molecule has 0 unspecified atom stereocenters. The van der Waals surface area contributed by atoms with Crippen molar-refractivity contribution in [3.8, 4) is 0 Å². The summed E-state index contributed by atoms with van der Waals surface area (Å²) >= 11 is 5.13. The lowest BCUT2D eigenvalue weighted by atomic mass is 10.1. The molecule has 1 amide bonds. The second-order valence-electron chi connectivity index (χ2n) is 4.00. The van der Waals surface area contributed by atoms with Crippen LogP contribution < -0.4 is 16.4 Å². The number of nitrogens with two attached hydrogens (primary N) is 1. The minimum absolute atomic E-state index is 0.283. The van der Waals surface area contributed by atoms with Crippen molar-refractivity contribution >= 4 is 34.6 Å². The molecular weight excluding hydrogens is 277 g/mol. The Morgan fingerprint density at radius 2 is 1.70 bits per heavy atom. The predicted molar refractivity (Wildman–Crippen MR) is 81.2 cm³/mol. The van der Waals surface area contributed by atoms with Gasteiger partial charge >= 0.3 is 0 Å². The molecule has 2 aromatic carbocycles. The molecule has 2 aromatic rings. The average Bonchev–Trinajstić information content (AvgIpc) is 2.41. The summed E-state index contributed by atoms with van der Waals surface area (Å²) in [5.74, 6) is -0.869. The van der Waals surface area contributed by atoms with Crippen molar-refractivity contribution in [2.45, 2.75) is 0 Å². The fourth-order valence-corrected chi connectivity index (χ4v) is 1.85. The van der Waals surface area contributed by atoms with Crippen LogP contribution in [0.15, 0.2) is 48.5 Å². The molecule has 0 aromatic heterocycles. The molecule has 4 nitrogen and oxygen atoms in total. The van der Waals surface area contributed by atoms with Crippen molar-refractivity contribution in [3.05, 3.63) is 59.9 Å². The molecule has 20 heavy (non-hydrogen) atoms. The number of halogens is 1. The second-order valence-corrected chi connectivity index (χ2v) is 4.40. The number of carbonyl (C=O) groups is 1. The lowest BCUT2D eigenvalue weighted by Crippen LogP contribution is -2.22. The summed E-state index contributed by atoms with van der Waals surface area (Å²) in [5.41, 5.74) is 6.77. The van der Waals surface area contributed by atoms with E-state index in [-0.39, 0.29) is 10.9 Å². The van der Waals surface area contributed by atoms with Gasteiger partial charge in [0, 0.05) is 5.69 Å². The first-order chi connectivity index (χ1) is 9.56. The van der Waals surface area contributed by atoms with Gasteiger partial charge in [-0.1, -0.05) is 12.1 Å². The van der Waals surface area contributed by atoms with Crippen LogP contribution in [0.25, 0.3) is 0 Å². The van der Waals surface area contributed by atoms with Crippen LogP contribution in [0.4, 0.5) is 15.8 Å². The van der Waals surface area contributed by atoms with Gasteiger partial charge in [-0.15, -0.1) is 0 Å². The standard InChI is InChI=1S/C14H12FN3OS/c15-9-5-7-10(8-6-9)17-14(20)18-12-4-2-1-3-11(12)13(16)19/h1-8H,(H2,16,19)(H2,17,18,20). The van der Waals surface area contributed by atoms with Gasteiger partial charge in [0.05, 0.1) is 11.3 Å². The zero-order valence-electron chi connectivity index (χ0n) is 10.4. The van der Waals surface area contributed by atoms with Crippen molar-refractivity contribution in [2.75, 3.05) is 10.6 Å². The first-order valence-corrected chi connectivity index (χ1v) is 6.19. The molecule has 0 aliphatic carbocycles. The van der Waals surface area contributed by atoms with Crippen molar-refractivity contribution in [2.24, 2.45) is 5.73 Å². The van der Waals surface area contributed by atoms with Crippen LogP contribution >= 0.6 is 12.2 Å². The maximum absolute atomic E-state index is 12.8. The Hall–Kier alpha value is -2.47. The molecule has 4 N–H and O–H groups in total. The van der Waals surface area contributed by atoms with Crippen molar-refractivity contribution in [3.63, 3.8) is 0 Å². The minimum Gasteiger partial charge on any atom is -0.366 e. The number of rotatable bonds is 3. The quantitative estimate of drug-likeness (QED) is 0.760. The third-order valence-electron chi connectivity index (χ3n) is 2.54. The molecule has 0 saturated heterocycles. The largest absolute Gasteiger partial charge is 0.366 e. The van der Waals surface area contributed by atoms with E-state index in [4.69, 9.17) is 18.0 Å². The molecule has 0 aliphatic rings. The van der Waals surface area contributed by atoms with Crippen LogP contribution in [0, 0.1) is 5.82 Å². The highest BCUT2D eigenvalue weighted by molar-refractivity contribution is 7.80. The number of anilines is 2. The van der Waals surface area contributed by atoms with E-state index in [1.54, 1.807) is 36.4 Å². The molecule has 102 valence electrons. The summed E-state index contributed by atoms with van der Waals surface area (Å²) in [5, 5.41) is 6.05. The molecule has 2 rings (SSSR count). The minimum atomic E-state index is -0.544. The highest BCUT2D eigenvalue weighted by Crippen LogP contribution is 2.15. The monoisotopic (exact) mass is 289 g/mol. The normalized spacial score (nSPS) is 9.85. The van der Waals surface area contributed by atoms with Gasteiger partial charge in [0.15, 0.2) is 5.11 Å². The van der Waals surface area contributed by atoms with Crippen molar-refractivity contribution in [1.29, 1.82) is 0 Å². The maximum atomic E-state index is 12.8. The molecule has 0 atom stereocenters. The summed E-state index contributed by atoms with van der Waals surface area (Å²) in [7, 11) is 0. The molecule has 0 fully saturated rings. The number of carbonyl (C=O) groups excluding carboxylic acids is 1. The zero-order chi connectivity index (χ0) is 14.5. The Morgan fingerprint density at radius 1 is 1.05 bits per heavy atom. The zero-order valence-corrected chi connectivity index (χ0v) is 11.2. The van der Waals surface area contributed by atoms with Crippen LogP contribution in [0.1, 0.15) is 10.4 Å². The molecule has 0 radical (unpaired) electrons. The van der Waals surface area contributed by atoms with E-state index in [9.17, 15) is 9.18 Å². The second kappa shape index (κ2) is 6.12. The van der Waals surface area contributed by atoms with Gasteiger partial charge in [-0.3, -0.25) is 4.79 Å². The van der Waals surface area contributed by atoms with E-state index >= 15 is 0 Å². The molecule has 0 heterocycles. The third kappa shape index (κ3) is 3.52. The Balaban J connectivity index is 2.08. The Bertz CT molecular complexity index is 643. The van der Waals surface area contributed by atoms with E-state index < -0.39 is 5.91 Å². The Labute approximate surface area is 120 Å². The molecular formula is C14H12FN3OS. The van der Waals surface area contributed by atoms with Gasteiger partial charge in [-0.2, -0.15) is 0 Å². The Morgan fingerprint density at radius 3 is 2.35 bits per heavy atom. The summed E-state index contributed by atoms with van der Waals surface area (Å²) in [4.78, 5) is 11.3. The number of benzene rings is 2. The van der Waals surface area contributed by atoms with E-state index in [2.05, 4.69) is 10.6 Å². The van der Waals surface area contributed by atoms with E-state index in [0.29, 0.717) is 16.9 Å². The first kappa shape index (κ1) is 14.0. The molecule has 0 saturated carbocycles. The maximum Gasteiger partial charge on any atom is 0.250 e. The van der Waals surface area contributed by atoms with Gasteiger partial charge < -0.3 is 16.4 Å². The SMILES string of the molecule is NC(=O)c1ccccc1NC(=S)Nc1ccc(F)cc1. The molecule has 6 heteroatoms.